The molecule has 1 aliphatic heterocycles. The van der Waals surface area contributed by atoms with E-state index in [4.69, 9.17) is 5.11 Å². The van der Waals surface area contributed by atoms with Gasteiger partial charge in [-0.25, -0.2) is 4.79 Å². The van der Waals surface area contributed by atoms with Gasteiger partial charge in [-0.05, 0) is 17.5 Å². The number of carboxylic acid groups (broad SMARTS) is 1. The molecule has 0 radical (unpaired) electrons. The van der Waals surface area contributed by atoms with Gasteiger partial charge >= 0.3 is 12.0 Å². The van der Waals surface area contributed by atoms with Crippen molar-refractivity contribution in [3.63, 3.8) is 0 Å². The maximum absolute atomic E-state index is 12.2. The average Bonchev–Trinajstić information content (AvgIpc) is 3.00. The summed E-state index contributed by atoms with van der Waals surface area (Å²) in [6.45, 7) is 1.85. The predicted octanol–water partition coefficient (Wildman–Crippen LogP) is 1.43. The molecule has 0 bridgehead atoms. The molecule has 3 amide bonds. The van der Waals surface area contributed by atoms with Crippen molar-refractivity contribution in [2.24, 2.45) is 0 Å². The van der Waals surface area contributed by atoms with Crippen LogP contribution < -0.4 is 5.32 Å². The van der Waals surface area contributed by atoms with Gasteiger partial charge in [-0.15, -0.1) is 0 Å². The lowest BCUT2D eigenvalue weighted by Gasteiger charge is -2.18. The Balaban J connectivity index is 1.63. The highest BCUT2D eigenvalue weighted by Gasteiger charge is 2.22. The van der Waals surface area contributed by atoms with E-state index < -0.39 is 5.97 Å². The van der Waals surface area contributed by atoms with E-state index in [1.165, 1.54) is 16.0 Å². The van der Waals surface area contributed by atoms with Crippen molar-refractivity contribution in [3.05, 3.63) is 35.4 Å². The maximum atomic E-state index is 12.2. The minimum atomic E-state index is -0.938. The molecule has 0 unspecified atom stereocenters. The highest BCUT2D eigenvalue weighted by atomic mass is 16.4. The molecule has 1 aromatic rings. The molecular formula is C17H23N3O4. The minimum Gasteiger partial charge on any atom is -0.481 e. The number of amides is 3. The second-order valence-electron chi connectivity index (χ2n) is 5.92. The van der Waals surface area contributed by atoms with Crippen LogP contribution in [0, 0.1) is 0 Å². The number of hydrogen-bond acceptors (Lipinski definition) is 3. The number of nitrogens with one attached hydrogen (secondary N) is 1. The van der Waals surface area contributed by atoms with Gasteiger partial charge in [-0.1, -0.05) is 24.3 Å². The van der Waals surface area contributed by atoms with Gasteiger partial charge < -0.3 is 20.2 Å². The summed E-state index contributed by atoms with van der Waals surface area (Å²) in [4.78, 5) is 37.6. The summed E-state index contributed by atoms with van der Waals surface area (Å²) in [6, 6.07) is 7.70. The maximum Gasteiger partial charge on any atom is 0.317 e. The Morgan fingerprint density at radius 1 is 1.17 bits per heavy atom. The van der Waals surface area contributed by atoms with Gasteiger partial charge in [-0.2, -0.15) is 0 Å². The fourth-order valence-corrected chi connectivity index (χ4v) is 2.60. The van der Waals surface area contributed by atoms with Crippen LogP contribution in [0.5, 0.6) is 0 Å². The number of benzene rings is 1. The average molecular weight is 333 g/mol. The molecule has 0 saturated carbocycles. The summed E-state index contributed by atoms with van der Waals surface area (Å²) in [5.74, 6) is -0.855. The first-order valence-electron chi connectivity index (χ1n) is 8.02. The van der Waals surface area contributed by atoms with Crippen LogP contribution >= 0.6 is 0 Å². The van der Waals surface area contributed by atoms with Crippen molar-refractivity contribution in [2.45, 2.75) is 32.4 Å². The van der Waals surface area contributed by atoms with E-state index in [2.05, 4.69) is 5.32 Å². The number of rotatable bonds is 7. The topological polar surface area (TPSA) is 90.0 Å². The highest BCUT2D eigenvalue weighted by molar-refractivity contribution is 5.77. The number of urea groups is 1. The normalized spacial score (nSPS) is 12.6. The van der Waals surface area contributed by atoms with Gasteiger partial charge in [-0.3, -0.25) is 9.59 Å². The summed E-state index contributed by atoms with van der Waals surface area (Å²) in [5.41, 5.74) is 2.39. The Morgan fingerprint density at radius 2 is 1.79 bits per heavy atom. The van der Waals surface area contributed by atoms with Gasteiger partial charge in [0.1, 0.15) is 0 Å². The van der Waals surface area contributed by atoms with Crippen molar-refractivity contribution in [2.75, 3.05) is 20.1 Å². The Labute approximate surface area is 141 Å². The molecule has 0 aromatic heterocycles. The SMILES string of the molecule is CN(CCC(=O)O)C(=O)NCCCC(=O)N1Cc2ccccc2C1. The van der Waals surface area contributed by atoms with E-state index in [1.807, 2.05) is 29.2 Å². The summed E-state index contributed by atoms with van der Waals surface area (Å²) in [6.07, 6.45) is 0.856. The van der Waals surface area contributed by atoms with Crippen LogP contribution in [0.3, 0.4) is 0 Å². The zero-order chi connectivity index (χ0) is 17.5. The van der Waals surface area contributed by atoms with Gasteiger partial charge in [0.05, 0.1) is 6.42 Å². The second kappa shape index (κ2) is 8.33. The summed E-state index contributed by atoms with van der Waals surface area (Å²) >= 11 is 0. The first-order valence-corrected chi connectivity index (χ1v) is 8.02. The van der Waals surface area contributed by atoms with Gasteiger partial charge in [0.25, 0.3) is 0 Å². The Bertz CT molecular complexity index is 593. The summed E-state index contributed by atoms with van der Waals surface area (Å²) in [5, 5.41) is 11.3. The van der Waals surface area contributed by atoms with E-state index in [1.54, 1.807) is 7.05 Å². The molecule has 0 fully saturated rings. The number of hydrogen-bond donors (Lipinski definition) is 2. The number of nitrogens with zero attached hydrogens (tertiary/aromatic N) is 2. The molecule has 7 nitrogen and oxygen atoms in total. The van der Waals surface area contributed by atoms with Gasteiger partial charge in [0, 0.05) is 39.6 Å². The second-order valence-corrected chi connectivity index (χ2v) is 5.92. The molecule has 1 aliphatic rings. The first-order chi connectivity index (χ1) is 11.5. The fourth-order valence-electron chi connectivity index (χ4n) is 2.60. The van der Waals surface area contributed by atoms with Crippen LogP contribution in [0.1, 0.15) is 30.4 Å². The van der Waals surface area contributed by atoms with Crippen LogP contribution in [0.4, 0.5) is 4.79 Å². The molecule has 1 aromatic carbocycles. The Kier molecular flexibility index (Phi) is 6.17. The molecule has 0 spiro atoms. The fraction of sp³-hybridized carbons (Fsp3) is 0.471. The largest absolute Gasteiger partial charge is 0.481 e. The zero-order valence-corrected chi connectivity index (χ0v) is 13.8. The minimum absolute atomic E-state index is 0.0830. The third-order valence-electron chi connectivity index (χ3n) is 4.04. The van der Waals surface area contributed by atoms with E-state index in [0.29, 0.717) is 32.5 Å². The number of carbonyl (C=O) groups excluding carboxylic acids is 2. The van der Waals surface area contributed by atoms with Crippen LogP contribution in [-0.4, -0.2) is 53.0 Å². The molecule has 7 heteroatoms. The van der Waals surface area contributed by atoms with Crippen molar-refractivity contribution in [3.8, 4) is 0 Å². The van der Waals surface area contributed by atoms with Crippen LogP contribution in [-0.2, 0) is 22.7 Å². The quantitative estimate of drug-likeness (QED) is 0.739. The highest BCUT2D eigenvalue weighted by Crippen LogP contribution is 2.22. The zero-order valence-electron chi connectivity index (χ0n) is 13.8. The van der Waals surface area contributed by atoms with Crippen molar-refractivity contribution >= 4 is 17.9 Å². The smallest absolute Gasteiger partial charge is 0.317 e. The monoisotopic (exact) mass is 333 g/mol. The van der Waals surface area contributed by atoms with Gasteiger partial charge in [0.2, 0.25) is 5.91 Å². The lowest BCUT2D eigenvalue weighted by molar-refractivity contribution is -0.137. The number of carboxylic acids is 1. The molecule has 2 N–H and O–H groups in total. The predicted molar refractivity (Wildman–Crippen MR) is 88.2 cm³/mol. The lowest BCUT2D eigenvalue weighted by Crippen LogP contribution is -2.39. The van der Waals surface area contributed by atoms with Crippen LogP contribution in [0.15, 0.2) is 24.3 Å². The van der Waals surface area contributed by atoms with Crippen molar-refractivity contribution in [1.29, 1.82) is 0 Å². The molecule has 2 rings (SSSR count). The van der Waals surface area contributed by atoms with Gasteiger partial charge in [0.15, 0.2) is 0 Å². The van der Waals surface area contributed by atoms with E-state index in [0.717, 1.165) is 0 Å². The molecule has 0 aliphatic carbocycles. The lowest BCUT2D eigenvalue weighted by atomic mass is 10.1. The van der Waals surface area contributed by atoms with Crippen LogP contribution in [0.2, 0.25) is 0 Å². The third-order valence-corrected chi connectivity index (χ3v) is 4.04. The summed E-state index contributed by atoms with van der Waals surface area (Å²) < 4.78 is 0. The molecule has 1 heterocycles. The van der Waals surface area contributed by atoms with Crippen molar-refractivity contribution < 1.29 is 19.5 Å². The van der Waals surface area contributed by atoms with E-state index in [9.17, 15) is 14.4 Å². The standard InChI is InChI=1S/C17H23N3O4/c1-19(10-8-16(22)23)17(24)18-9-4-7-15(21)20-11-13-5-2-3-6-14(13)12-20/h2-3,5-6H,4,7-12H2,1H3,(H,18,24)(H,22,23). The van der Waals surface area contributed by atoms with Crippen LogP contribution in [0.25, 0.3) is 0 Å². The van der Waals surface area contributed by atoms with Crippen molar-refractivity contribution in [1.82, 2.24) is 15.1 Å². The van der Waals surface area contributed by atoms with E-state index >= 15 is 0 Å². The van der Waals surface area contributed by atoms with E-state index in [-0.39, 0.29) is 24.9 Å². The molecule has 0 atom stereocenters. The first kappa shape index (κ1) is 17.8. The number of aliphatic carboxylic acids is 1. The molecular weight excluding hydrogens is 310 g/mol. The summed E-state index contributed by atoms with van der Waals surface area (Å²) in [7, 11) is 1.55. The molecule has 24 heavy (non-hydrogen) atoms. The number of carbonyl (C=O) groups is 3. The molecule has 0 saturated heterocycles. The Hall–Kier alpha value is -2.57. The Morgan fingerprint density at radius 3 is 2.38 bits per heavy atom. The number of fused-ring (bicyclic) bond motifs is 1. The third kappa shape index (κ3) is 4.97. The molecule has 130 valence electrons.